The second-order valence-corrected chi connectivity index (χ2v) is 11.7. The van der Waals surface area contributed by atoms with E-state index in [4.69, 9.17) is 9.47 Å². The van der Waals surface area contributed by atoms with Gasteiger partial charge < -0.3 is 14.8 Å². The average molecular weight is 565 g/mol. The molecule has 1 aromatic heterocycles. The second-order valence-electron chi connectivity index (χ2n) is 8.67. The van der Waals surface area contributed by atoms with Crippen LogP contribution in [-0.4, -0.2) is 43.0 Å². The van der Waals surface area contributed by atoms with Gasteiger partial charge in [0.15, 0.2) is 5.75 Å². The summed E-state index contributed by atoms with van der Waals surface area (Å²) in [4.78, 5) is 32.8. The van der Waals surface area contributed by atoms with Crippen LogP contribution in [0.2, 0.25) is 0 Å². The summed E-state index contributed by atoms with van der Waals surface area (Å²) in [7, 11) is -4.12. The van der Waals surface area contributed by atoms with E-state index in [1.165, 1.54) is 24.3 Å². The molecule has 2 aromatic carbocycles. The first-order valence-electron chi connectivity index (χ1n) is 11.0. The van der Waals surface area contributed by atoms with Crippen molar-refractivity contribution in [2.45, 2.75) is 30.6 Å². The molecule has 0 atom stereocenters. The van der Waals surface area contributed by atoms with E-state index in [1.807, 2.05) is 0 Å². The molecule has 0 aliphatic carbocycles. The zero-order valence-corrected chi connectivity index (χ0v) is 22.2. The number of para-hydroxylation sites is 2. The Hall–Kier alpha value is -4.24. The molecular weight excluding hydrogens is 540 g/mol. The zero-order chi connectivity index (χ0) is 28.1. The molecule has 0 saturated carbocycles. The third-order valence-electron chi connectivity index (χ3n) is 4.72. The van der Waals surface area contributed by atoms with E-state index in [0.717, 1.165) is 27.8 Å². The minimum absolute atomic E-state index is 0.00745. The highest BCUT2D eigenvalue weighted by Crippen LogP contribution is 2.38. The Bertz CT molecular complexity index is 1440. The summed E-state index contributed by atoms with van der Waals surface area (Å²) in [6.45, 7) is 4.75. The van der Waals surface area contributed by atoms with Gasteiger partial charge in [0.1, 0.15) is 15.6 Å². The number of benzene rings is 2. The number of anilines is 1. The van der Waals surface area contributed by atoms with Crippen LogP contribution in [0.25, 0.3) is 0 Å². The molecule has 0 bridgehead atoms. The molecule has 1 amide bonds. The first-order valence-corrected chi connectivity index (χ1v) is 13.3. The smallest absolute Gasteiger partial charge is 0.407 e. The maximum atomic E-state index is 13.5. The molecule has 3 rings (SSSR count). The van der Waals surface area contributed by atoms with Crippen molar-refractivity contribution < 1.29 is 32.5 Å². The van der Waals surface area contributed by atoms with Crippen molar-refractivity contribution >= 4 is 44.5 Å². The molecule has 0 fully saturated rings. The number of ether oxygens (including phenoxy) is 2. The SMILES string of the molecule is CC(C)(C)OC(=O)NCCN(c1ccccc1Oc1ccc([N+](=O)[O-])c([N+](=O)[O-])c1)S(=O)(=O)c1cccs1. The number of thiophene rings is 1. The van der Waals surface area contributed by atoms with Gasteiger partial charge >= 0.3 is 17.5 Å². The molecule has 0 aliphatic rings. The van der Waals surface area contributed by atoms with Gasteiger partial charge in [0.25, 0.3) is 10.0 Å². The quantitative estimate of drug-likeness (QED) is 0.260. The van der Waals surface area contributed by atoms with Crippen LogP contribution in [0.15, 0.2) is 64.2 Å². The van der Waals surface area contributed by atoms with Crippen molar-refractivity contribution in [3.05, 3.63) is 80.2 Å². The molecule has 0 saturated heterocycles. The summed E-state index contributed by atoms with van der Waals surface area (Å²) in [5, 5.41) is 26.6. The van der Waals surface area contributed by atoms with Gasteiger partial charge in [-0.1, -0.05) is 18.2 Å². The number of rotatable bonds is 10. The molecule has 202 valence electrons. The first-order chi connectivity index (χ1) is 17.8. The molecular formula is C23H24N4O9S2. The van der Waals surface area contributed by atoms with E-state index in [0.29, 0.717) is 0 Å². The van der Waals surface area contributed by atoms with Crippen molar-refractivity contribution in [2.75, 3.05) is 17.4 Å². The monoisotopic (exact) mass is 564 g/mol. The van der Waals surface area contributed by atoms with E-state index in [2.05, 4.69) is 5.32 Å². The molecule has 1 N–H and O–H groups in total. The Morgan fingerprint density at radius 2 is 1.71 bits per heavy atom. The van der Waals surface area contributed by atoms with Gasteiger partial charge in [0, 0.05) is 12.6 Å². The number of nitro groups is 2. The molecule has 15 heteroatoms. The maximum absolute atomic E-state index is 13.5. The fourth-order valence-electron chi connectivity index (χ4n) is 3.21. The molecule has 38 heavy (non-hydrogen) atoms. The average Bonchev–Trinajstić information content (AvgIpc) is 3.37. The van der Waals surface area contributed by atoms with Gasteiger partial charge in [-0.15, -0.1) is 11.3 Å². The number of carbonyl (C=O) groups is 1. The number of nitrogens with one attached hydrogen (secondary N) is 1. The molecule has 1 heterocycles. The molecule has 0 spiro atoms. The zero-order valence-electron chi connectivity index (χ0n) is 20.5. The predicted molar refractivity (Wildman–Crippen MR) is 139 cm³/mol. The van der Waals surface area contributed by atoms with Crippen molar-refractivity contribution in [3.63, 3.8) is 0 Å². The summed E-state index contributed by atoms with van der Waals surface area (Å²) in [6.07, 6.45) is -0.728. The number of hydrogen-bond acceptors (Lipinski definition) is 10. The standard InChI is InChI=1S/C23H24N4O9S2/c1-23(2,3)36-22(28)24-12-13-25(38(33,34)21-9-6-14-37-21)18-7-4-5-8-20(18)35-16-10-11-17(26(29)30)19(15-16)27(31)32/h4-11,14-15H,12-13H2,1-3H3,(H,24,28). The highest BCUT2D eigenvalue weighted by Gasteiger charge is 2.30. The van der Waals surface area contributed by atoms with Crippen LogP contribution in [0.1, 0.15) is 20.8 Å². The van der Waals surface area contributed by atoms with Crippen molar-refractivity contribution in [1.29, 1.82) is 0 Å². The lowest BCUT2D eigenvalue weighted by molar-refractivity contribution is -0.422. The van der Waals surface area contributed by atoms with Crippen LogP contribution in [0.5, 0.6) is 11.5 Å². The lowest BCUT2D eigenvalue weighted by Gasteiger charge is -2.26. The summed E-state index contributed by atoms with van der Waals surface area (Å²) in [5.41, 5.74) is -2.17. The molecule has 13 nitrogen and oxygen atoms in total. The molecule has 0 aliphatic heterocycles. The number of amides is 1. The summed E-state index contributed by atoms with van der Waals surface area (Å²) >= 11 is 0.999. The fraction of sp³-hybridized carbons (Fsp3) is 0.261. The Kier molecular flexibility index (Phi) is 8.53. The summed E-state index contributed by atoms with van der Waals surface area (Å²) in [6, 6.07) is 12.0. The number of hydrogen-bond donors (Lipinski definition) is 1. The largest absolute Gasteiger partial charge is 0.455 e. The normalized spacial score (nSPS) is 11.4. The number of nitrogens with zero attached hydrogens (tertiary/aromatic N) is 3. The van der Waals surface area contributed by atoms with E-state index in [9.17, 15) is 33.4 Å². The Labute approximate surface area is 222 Å². The summed E-state index contributed by atoms with van der Waals surface area (Å²) in [5.74, 6) is -0.108. The fourth-order valence-corrected chi connectivity index (χ4v) is 5.79. The Balaban J connectivity index is 1.97. The van der Waals surface area contributed by atoms with Gasteiger partial charge in [0.2, 0.25) is 0 Å². The minimum atomic E-state index is -4.12. The van der Waals surface area contributed by atoms with Crippen molar-refractivity contribution in [3.8, 4) is 11.5 Å². The van der Waals surface area contributed by atoms with Crippen LogP contribution < -0.4 is 14.4 Å². The predicted octanol–water partition coefficient (Wildman–Crippen LogP) is 5.08. The van der Waals surface area contributed by atoms with Gasteiger partial charge in [-0.3, -0.25) is 24.5 Å². The van der Waals surface area contributed by atoms with E-state index in [1.54, 1.807) is 44.4 Å². The van der Waals surface area contributed by atoms with Crippen LogP contribution in [0, 0.1) is 20.2 Å². The van der Waals surface area contributed by atoms with Crippen LogP contribution in [-0.2, 0) is 14.8 Å². The van der Waals surface area contributed by atoms with Crippen LogP contribution >= 0.6 is 11.3 Å². The van der Waals surface area contributed by atoms with Crippen molar-refractivity contribution in [1.82, 2.24) is 5.32 Å². The lowest BCUT2D eigenvalue weighted by Crippen LogP contribution is -2.40. The third-order valence-corrected chi connectivity index (χ3v) is 7.91. The number of alkyl carbamates (subject to hydrolysis) is 1. The Morgan fingerprint density at radius 1 is 1.03 bits per heavy atom. The number of nitro benzene ring substituents is 2. The molecule has 0 radical (unpaired) electrons. The van der Waals surface area contributed by atoms with Gasteiger partial charge in [-0.2, -0.15) is 0 Å². The van der Waals surface area contributed by atoms with Crippen molar-refractivity contribution in [2.24, 2.45) is 0 Å². The minimum Gasteiger partial charge on any atom is -0.455 e. The second kappa shape index (κ2) is 11.4. The van der Waals surface area contributed by atoms with E-state index in [-0.39, 0.29) is 34.5 Å². The molecule has 3 aromatic rings. The molecule has 0 unspecified atom stereocenters. The number of sulfonamides is 1. The number of carbonyl (C=O) groups excluding carboxylic acids is 1. The van der Waals surface area contributed by atoms with E-state index >= 15 is 0 Å². The first kappa shape index (κ1) is 28.3. The maximum Gasteiger partial charge on any atom is 0.407 e. The topological polar surface area (TPSA) is 171 Å². The summed E-state index contributed by atoms with van der Waals surface area (Å²) < 4.78 is 39.1. The Morgan fingerprint density at radius 3 is 2.32 bits per heavy atom. The van der Waals surface area contributed by atoms with Crippen LogP contribution in [0.3, 0.4) is 0 Å². The highest BCUT2D eigenvalue weighted by molar-refractivity contribution is 7.94. The van der Waals surface area contributed by atoms with Crippen LogP contribution in [0.4, 0.5) is 21.9 Å². The van der Waals surface area contributed by atoms with Gasteiger partial charge in [-0.25, -0.2) is 13.2 Å². The highest BCUT2D eigenvalue weighted by atomic mass is 32.2. The van der Waals surface area contributed by atoms with Gasteiger partial charge in [-0.05, 0) is 50.4 Å². The van der Waals surface area contributed by atoms with Gasteiger partial charge in [0.05, 0.1) is 28.1 Å². The van der Waals surface area contributed by atoms with E-state index < -0.39 is 42.9 Å². The third kappa shape index (κ3) is 6.95. The lowest BCUT2D eigenvalue weighted by atomic mass is 10.2.